The molecule has 0 aromatic heterocycles. The number of aliphatic hydroxyl groups excluding tert-OH is 1. The Balaban J connectivity index is 1.65. The summed E-state index contributed by atoms with van der Waals surface area (Å²) in [5.74, 6) is 1.46. The summed E-state index contributed by atoms with van der Waals surface area (Å²) in [6.07, 6.45) is 4.89. The molecule has 2 N–H and O–H groups in total. The van der Waals surface area contributed by atoms with E-state index in [-0.39, 0.29) is 12.1 Å². The molecule has 2 saturated carbocycles. The highest BCUT2D eigenvalue weighted by Gasteiger charge is 2.48. The van der Waals surface area contributed by atoms with Gasteiger partial charge in [0.1, 0.15) is 12.4 Å². The van der Waals surface area contributed by atoms with Crippen molar-refractivity contribution in [2.75, 3.05) is 13.2 Å². The minimum Gasteiger partial charge on any atom is -0.492 e. The lowest BCUT2D eigenvalue weighted by molar-refractivity contribution is 0.0832. The van der Waals surface area contributed by atoms with Gasteiger partial charge in [0.25, 0.3) is 0 Å². The molecule has 1 aromatic rings. The Kier molecular flexibility index (Phi) is 3.27. The Bertz CT molecular complexity index is 387. The van der Waals surface area contributed by atoms with E-state index in [1.54, 1.807) is 0 Å². The zero-order valence-electron chi connectivity index (χ0n) is 10.6. The summed E-state index contributed by atoms with van der Waals surface area (Å²) in [5, 5.41) is 13.4. The topological polar surface area (TPSA) is 41.5 Å². The van der Waals surface area contributed by atoms with Gasteiger partial charge in [-0.05, 0) is 43.7 Å². The van der Waals surface area contributed by atoms with E-state index < -0.39 is 0 Å². The molecule has 3 rings (SSSR count). The molecule has 98 valence electrons. The molecule has 2 aliphatic rings. The van der Waals surface area contributed by atoms with Crippen molar-refractivity contribution in [3.8, 4) is 5.75 Å². The van der Waals surface area contributed by atoms with Gasteiger partial charge in [-0.25, -0.2) is 0 Å². The Labute approximate surface area is 108 Å². The first kappa shape index (κ1) is 12.0. The van der Waals surface area contributed by atoms with Crippen molar-refractivity contribution in [3.05, 3.63) is 30.3 Å². The van der Waals surface area contributed by atoms with Gasteiger partial charge in [-0.2, -0.15) is 0 Å². The van der Waals surface area contributed by atoms with Gasteiger partial charge in [-0.1, -0.05) is 18.2 Å². The molecule has 0 saturated heterocycles. The zero-order valence-corrected chi connectivity index (χ0v) is 10.6. The minimum absolute atomic E-state index is 0.168. The van der Waals surface area contributed by atoms with Crippen LogP contribution in [-0.4, -0.2) is 29.9 Å². The third-order valence-corrected chi connectivity index (χ3v) is 3.95. The number of benzene rings is 1. The highest BCUT2D eigenvalue weighted by atomic mass is 16.5. The number of nitrogens with one attached hydrogen (secondary N) is 1. The molecule has 3 heteroatoms. The molecule has 1 aromatic carbocycles. The molecule has 3 nitrogen and oxygen atoms in total. The summed E-state index contributed by atoms with van der Waals surface area (Å²) in [6, 6.07) is 10.5. The van der Waals surface area contributed by atoms with E-state index in [4.69, 9.17) is 4.74 Å². The van der Waals surface area contributed by atoms with E-state index in [0.717, 1.165) is 5.75 Å². The first-order valence-corrected chi connectivity index (χ1v) is 6.89. The van der Waals surface area contributed by atoms with Gasteiger partial charge in [0.2, 0.25) is 0 Å². The van der Waals surface area contributed by atoms with Gasteiger partial charge < -0.3 is 15.2 Å². The first-order valence-electron chi connectivity index (χ1n) is 6.89. The van der Waals surface area contributed by atoms with Gasteiger partial charge >= 0.3 is 0 Å². The van der Waals surface area contributed by atoms with Crippen molar-refractivity contribution in [1.29, 1.82) is 0 Å². The van der Waals surface area contributed by atoms with Crippen molar-refractivity contribution in [2.24, 2.45) is 5.92 Å². The monoisotopic (exact) mass is 247 g/mol. The second-order valence-electron chi connectivity index (χ2n) is 5.61. The molecule has 0 radical (unpaired) electrons. The van der Waals surface area contributed by atoms with Crippen LogP contribution in [0.2, 0.25) is 0 Å². The van der Waals surface area contributed by atoms with E-state index in [9.17, 15) is 5.11 Å². The van der Waals surface area contributed by atoms with E-state index >= 15 is 0 Å². The van der Waals surface area contributed by atoms with Crippen LogP contribution in [0, 0.1) is 5.92 Å². The summed E-state index contributed by atoms with van der Waals surface area (Å²) < 4.78 is 5.87. The maximum atomic E-state index is 9.80. The van der Waals surface area contributed by atoms with Crippen LogP contribution in [-0.2, 0) is 0 Å². The van der Waals surface area contributed by atoms with Crippen LogP contribution in [0.1, 0.15) is 25.7 Å². The number of hydrogen-bond acceptors (Lipinski definition) is 3. The number of rotatable bonds is 7. The second kappa shape index (κ2) is 4.90. The Morgan fingerprint density at radius 1 is 1.17 bits per heavy atom. The molecule has 2 aliphatic carbocycles. The van der Waals surface area contributed by atoms with Crippen LogP contribution >= 0.6 is 0 Å². The molecule has 1 atom stereocenters. The Morgan fingerprint density at radius 3 is 2.44 bits per heavy atom. The van der Waals surface area contributed by atoms with Gasteiger partial charge in [0.15, 0.2) is 0 Å². The van der Waals surface area contributed by atoms with Crippen molar-refractivity contribution in [3.63, 3.8) is 0 Å². The molecule has 0 bridgehead atoms. The fourth-order valence-electron chi connectivity index (χ4n) is 2.50. The van der Waals surface area contributed by atoms with Crippen molar-refractivity contribution in [2.45, 2.75) is 37.3 Å². The number of ether oxygens (including phenoxy) is 1. The summed E-state index contributed by atoms with van der Waals surface area (Å²) >= 11 is 0. The third kappa shape index (κ3) is 2.68. The second-order valence-corrected chi connectivity index (χ2v) is 5.61. The SMILES string of the molecule is OCC(COc1ccccc1)(NC1CC1)C1CC1. The molecular weight excluding hydrogens is 226 g/mol. The molecular formula is C15H21NO2. The average molecular weight is 247 g/mol. The van der Waals surface area contributed by atoms with Crippen LogP contribution in [0.5, 0.6) is 5.75 Å². The standard InChI is InChI=1S/C15H21NO2/c17-10-15(12-6-7-12,16-13-8-9-13)11-18-14-4-2-1-3-5-14/h1-5,12-13,16-17H,6-11H2. The predicted molar refractivity (Wildman–Crippen MR) is 70.6 cm³/mol. The number of para-hydroxylation sites is 1. The highest BCUT2D eigenvalue weighted by Crippen LogP contribution is 2.41. The van der Waals surface area contributed by atoms with E-state index in [1.165, 1.54) is 25.7 Å². The third-order valence-electron chi connectivity index (χ3n) is 3.95. The molecule has 0 amide bonds. The van der Waals surface area contributed by atoms with Gasteiger partial charge in [-0.3, -0.25) is 0 Å². The molecule has 0 heterocycles. The molecule has 0 spiro atoms. The molecule has 18 heavy (non-hydrogen) atoms. The lowest BCUT2D eigenvalue weighted by Crippen LogP contribution is -2.56. The van der Waals surface area contributed by atoms with E-state index in [2.05, 4.69) is 5.32 Å². The van der Waals surface area contributed by atoms with Crippen molar-refractivity contribution < 1.29 is 9.84 Å². The fraction of sp³-hybridized carbons (Fsp3) is 0.600. The average Bonchev–Trinajstić information content (AvgIpc) is 3.28. The highest BCUT2D eigenvalue weighted by molar-refractivity contribution is 5.21. The van der Waals surface area contributed by atoms with Gasteiger partial charge in [-0.15, -0.1) is 0 Å². The van der Waals surface area contributed by atoms with Crippen LogP contribution in [0.15, 0.2) is 30.3 Å². The lowest BCUT2D eigenvalue weighted by Gasteiger charge is -2.33. The maximum absolute atomic E-state index is 9.80. The lowest BCUT2D eigenvalue weighted by atomic mass is 9.95. The van der Waals surface area contributed by atoms with Gasteiger partial charge in [0.05, 0.1) is 12.1 Å². The quantitative estimate of drug-likeness (QED) is 0.774. The minimum atomic E-state index is -0.225. The van der Waals surface area contributed by atoms with Crippen LogP contribution in [0.25, 0.3) is 0 Å². The largest absolute Gasteiger partial charge is 0.492 e. The van der Waals surface area contributed by atoms with E-state index in [0.29, 0.717) is 18.6 Å². The molecule has 0 aliphatic heterocycles. The van der Waals surface area contributed by atoms with E-state index in [1.807, 2.05) is 30.3 Å². The zero-order chi connectivity index (χ0) is 12.4. The summed E-state index contributed by atoms with van der Waals surface area (Å²) in [4.78, 5) is 0. The first-order chi connectivity index (χ1) is 8.82. The predicted octanol–water partition coefficient (Wildman–Crippen LogP) is 1.96. The summed E-state index contributed by atoms with van der Waals surface area (Å²) in [7, 11) is 0. The maximum Gasteiger partial charge on any atom is 0.119 e. The summed E-state index contributed by atoms with van der Waals surface area (Å²) in [5.41, 5.74) is -0.225. The summed E-state index contributed by atoms with van der Waals surface area (Å²) in [6.45, 7) is 0.732. The fourth-order valence-corrected chi connectivity index (χ4v) is 2.50. The van der Waals surface area contributed by atoms with Crippen LogP contribution in [0.3, 0.4) is 0 Å². The van der Waals surface area contributed by atoms with Gasteiger partial charge in [0, 0.05) is 6.04 Å². The van der Waals surface area contributed by atoms with Crippen molar-refractivity contribution >= 4 is 0 Å². The van der Waals surface area contributed by atoms with Crippen LogP contribution in [0.4, 0.5) is 0 Å². The number of aliphatic hydroxyl groups is 1. The smallest absolute Gasteiger partial charge is 0.119 e. The normalized spacial score (nSPS) is 22.5. The van der Waals surface area contributed by atoms with Crippen molar-refractivity contribution in [1.82, 2.24) is 5.32 Å². The van der Waals surface area contributed by atoms with Crippen LogP contribution < -0.4 is 10.1 Å². The Morgan fingerprint density at radius 2 is 1.89 bits per heavy atom. The number of hydrogen-bond donors (Lipinski definition) is 2. The molecule has 1 unspecified atom stereocenters. The Hall–Kier alpha value is -1.06. The molecule has 2 fully saturated rings.